The first kappa shape index (κ1) is 12.8. The van der Waals surface area contributed by atoms with Gasteiger partial charge >= 0.3 is 0 Å². The van der Waals surface area contributed by atoms with Crippen LogP contribution in [0.1, 0.15) is 30.1 Å². The maximum absolute atomic E-state index is 13.1. The van der Waals surface area contributed by atoms with Gasteiger partial charge in [-0.2, -0.15) is 0 Å². The molecule has 0 amide bonds. The fraction of sp³-hybridized carbons (Fsp3) is 0.286. The minimum absolute atomic E-state index is 0.345. The lowest BCUT2D eigenvalue weighted by Gasteiger charge is -2.08. The summed E-state index contributed by atoms with van der Waals surface area (Å²) in [7, 11) is 0. The quantitative estimate of drug-likeness (QED) is 0.901. The molecular formula is C14H14F2N4. The number of halogens is 2. The third kappa shape index (κ3) is 2.84. The molecule has 4 nitrogen and oxygen atoms in total. The highest BCUT2D eigenvalue weighted by molar-refractivity contribution is 5.45. The Balaban J connectivity index is 1.72. The lowest BCUT2D eigenvalue weighted by atomic mass is 10.2. The number of aromatic nitrogens is 2. The number of anilines is 2. The number of nitrogens with one attached hydrogen (secondary N) is 1. The van der Waals surface area contributed by atoms with E-state index in [9.17, 15) is 8.78 Å². The molecule has 3 rings (SSSR count). The molecule has 0 radical (unpaired) electrons. The van der Waals surface area contributed by atoms with Gasteiger partial charge in [-0.25, -0.2) is 18.7 Å². The first-order chi connectivity index (χ1) is 9.61. The van der Waals surface area contributed by atoms with Gasteiger partial charge in [0, 0.05) is 18.5 Å². The minimum Gasteiger partial charge on any atom is -0.384 e. The smallest absolute Gasteiger partial charge is 0.159 e. The van der Waals surface area contributed by atoms with E-state index in [4.69, 9.17) is 5.73 Å². The molecule has 0 bridgehead atoms. The average molecular weight is 276 g/mol. The summed E-state index contributed by atoms with van der Waals surface area (Å²) in [6.07, 6.45) is 2.18. The molecule has 0 atom stereocenters. The van der Waals surface area contributed by atoms with Crippen molar-refractivity contribution in [1.82, 2.24) is 9.97 Å². The van der Waals surface area contributed by atoms with Gasteiger partial charge in [-0.05, 0) is 30.5 Å². The topological polar surface area (TPSA) is 63.8 Å². The second-order valence-corrected chi connectivity index (χ2v) is 4.91. The van der Waals surface area contributed by atoms with Crippen LogP contribution >= 0.6 is 0 Å². The molecule has 1 aliphatic rings. The first-order valence-corrected chi connectivity index (χ1v) is 6.44. The summed E-state index contributed by atoms with van der Waals surface area (Å²) in [5, 5.41) is 3.05. The predicted octanol–water partition coefficient (Wildman–Crippen LogP) is 2.83. The average Bonchev–Trinajstić information content (AvgIpc) is 3.24. The largest absolute Gasteiger partial charge is 0.384 e. The van der Waals surface area contributed by atoms with Gasteiger partial charge in [0.1, 0.15) is 17.5 Å². The van der Waals surface area contributed by atoms with Gasteiger partial charge in [-0.3, -0.25) is 0 Å². The highest BCUT2D eigenvalue weighted by Gasteiger charge is 2.27. The van der Waals surface area contributed by atoms with Crippen LogP contribution in [0.3, 0.4) is 0 Å². The predicted molar refractivity (Wildman–Crippen MR) is 72.1 cm³/mol. The van der Waals surface area contributed by atoms with Gasteiger partial charge in [0.2, 0.25) is 0 Å². The monoisotopic (exact) mass is 276 g/mol. The summed E-state index contributed by atoms with van der Waals surface area (Å²) >= 11 is 0. The summed E-state index contributed by atoms with van der Waals surface area (Å²) in [6.45, 7) is 0.345. The second kappa shape index (κ2) is 5.03. The van der Waals surface area contributed by atoms with E-state index in [0.717, 1.165) is 30.8 Å². The summed E-state index contributed by atoms with van der Waals surface area (Å²) in [6, 6.07) is 5.43. The summed E-state index contributed by atoms with van der Waals surface area (Å²) in [5.74, 6) is 0.458. The van der Waals surface area contributed by atoms with Crippen molar-refractivity contribution in [2.75, 3.05) is 11.1 Å². The van der Waals surface area contributed by atoms with E-state index in [1.807, 2.05) is 0 Å². The zero-order valence-electron chi connectivity index (χ0n) is 10.7. The van der Waals surface area contributed by atoms with Crippen LogP contribution in [-0.4, -0.2) is 9.97 Å². The Labute approximate surface area is 115 Å². The Morgan fingerprint density at radius 3 is 2.65 bits per heavy atom. The zero-order valence-corrected chi connectivity index (χ0v) is 10.7. The molecule has 0 saturated heterocycles. The normalized spacial score (nSPS) is 14.3. The fourth-order valence-corrected chi connectivity index (χ4v) is 1.94. The second-order valence-electron chi connectivity index (χ2n) is 4.91. The maximum atomic E-state index is 13.1. The van der Waals surface area contributed by atoms with E-state index >= 15 is 0 Å². The molecule has 0 spiro atoms. The third-order valence-electron chi connectivity index (χ3n) is 3.16. The first-order valence-electron chi connectivity index (χ1n) is 6.44. The molecule has 20 heavy (non-hydrogen) atoms. The molecule has 1 aromatic carbocycles. The van der Waals surface area contributed by atoms with Crippen molar-refractivity contribution < 1.29 is 8.78 Å². The summed E-state index contributed by atoms with van der Waals surface area (Å²) in [4.78, 5) is 8.57. The third-order valence-corrected chi connectivity index (χ3v) is 3.16. The van der Waals surface area contributed by atoms with Crippen molar-refractivity contribution in [1.29, 1.82) is 0 Å². The van der Waals surface area contributed by atoms with Gasteiger partial charge in [-0.15, -0.1) is 0 Å². The molecule has 1 aromatic heterocycles. The number of hydrogen-bond donors (Lipinski definition) is 2. The van der Waals surface area contributed by atoms with E-state index < -0.39 is 11.6 Å². The molecule has 0 aliphatic heterocycles. The number of rotatable bonds is 4. The summed E-state index contributed by atoms with van der Waals surface area (Å²) in [5.41, 5.74) is 6.37. The fourth-order valence-electron chi connectivity index (χ4n) is 1.94. The Morgan fingerprint density at radius 2 is 1.95 bits per heavy atom. The highest BCUT2D eigenvalue weighted by atomic mass is 19.2. The number of nitrogens with two attached hydrogens (primary N) is 1. The molecule has 0 unspecified atom stereocenters. The lowest BCUT2D eigenvalue weighted by Crippen LogP contribution is -2.06. The molecule has 2 aromatic rings. The Morgan fingerprint density at radius 1 is 1.15 bits per heavy atom. The van der Waals surface area contributed by atoms with Gasteiger partial charge in [-0.1, -0.05) is 6.07 Å². The number of benzene rings is 1. The Hall–Kier alpha value is -2.24. The molecule has 1 heterocycles. The molecule has 6 heteroatoms. The molecular weight excluding hydrogens is 262 g/mol. The van der Waals surface area contributed by atoms with Crippen molar-refractivity contribution in [2.45, 2.75) is 25.3 Å². The van der Waals surface area contributed by atoms with Gasteiger partial charge in [0.25, 0.3) is 0 Å². The number of nitrogen functional groups attached to an aromatic ring is 1. The SMILES string of the molecule is Nc1cc(NCc2ccc(F)c(F)c2)nc(C2CC2)n1. The van der Waals surface area contributed by atoms with E-state index in [-0.39, 0.29) is 0 Å². The maximum Gasteiger partial charge on any atom is 0.159 e. The van der Waals surface area contributed by atoms with Crippen LogP contribution in [0.15, 0.2) is 24.3 Å². The highest BCUT2D eigenvalue weighted by Crippen LogP contribution is 2.38. The van der Waals surface area contributed by atoms with Crippen molar-refractivity contribution in [3.05, 3.63) is 47.3 Å². The standard InChI is InChI=1S/C14H14F2N4/c15-10-4-1-8(5-11(10)16)7-18-13-6-12(17)19-14(20-13)9-2-3-9/h1,4-6,9H,2-3,7H2,(H3,17,18,19,20). The van der Waals surface area contributed by atoms with Gasteiger partial charge in [0.05, 0.1) is 0 Å². The van der Waals surface area contributed by atoms with Crippen LogP contribution in [-0.2, 0) is 6.54 Å². The van der Waals surface area contributed by atoms with Crippen molar-refractivity contribution >= 4 is 11.6 Å². The molecule has 1 saturated carbocycles. The van der Waals surface area contributed by atoms with Gasteiger partial charge in [0.15, 0.2) is 11.6 Å². The van der Waals surface area contributed by atoms with Crippen LogP contribution in [0, 0.1) is 11.6 Å². The van der Waals surface area contributed by atoms with Crippen molar-refractivity contribution in [2.24, 2.45) is 0 Å². The number of nitrogens with zero attached hydrogens (tertiary/aromatic N) is 2. The van der Waals surface area contributed by atoms with Crippen molar-refractivity contribution in [3.8, 4) is 0 Å². The Bertz CT molecular complexity index is 641. The van der Waals surface area contributed by atoms with Crippen LogP contribution in [0.4, 0.5) is 20.4 Å². The molecule has 1 aliphatic carbocycles. The van der Waals surface area contributed by atoms with E-state index in [2.05, 4.69) is 15.3 Å². The Kier molecular flexibility index (Phi) is 3.22. The molecule has 1 fully saturated rings. The van der Waals surface area contributed by atoms with E-state index in [1.54, 1.807) is 6.07 Å². The van der Waals surface area contributed by atoms with Gasteiger partial charge < -0.3 is 11.1 Å². The summed E-state index contributed by atoms with van der Waals surface area (Å²) < 4.78 is 25.9. The van der Waals surface area contributed by atoms with Crippen LogP contribution in [0.2, 0.25) is 0 Å². The molecule has 104 valence electrons. The minimum atomic E-state index is -0.856. The van der Waals surface area contributed by atoms with Crippen LogP contribution < -0.4 is 11.1 Å². The van der Waals surface area contributed by atoms with Crippen LogP contribution in [0.25, 0.3) is 0 Å². The van der Waals surface area contributed by atoms with E-state index in [0.29, 0.717) is 29.7 Å². The number of hydrogen-bond acceptors (Lipinski definition) is 4. The van der Waals surface area contributed by atoms with Crippen LogP contribution in [0.5, 0.6) is 0 Å². The van der Waals surface area contributed by atoms with Crippen molar-refractivity contribution in [3.63, 3.8) is 0 Å². The zero-order chi connectivity index (χ0) is 14.1. The lowest BCUT2D eigenvalue weighted by molar-refractivity contribution is 0.507. The molecule has 3 N–H and O–H groups in total. The van der Waals surface area contributed by atoms with E-state index in [1.165, 1.54) is 6.07 Å².